The van der Waals surface area contributed by atoms with Crippen LogP contribution in [0, 0.1) is 0 Å². The van der Waals surface area contributed by atoms with Crippen molar-refractivity contribution in [3.05, 3.63) is 158 Å². The predicted molar refractivity (Wildman–Crippen MR) is 142 cm³/mol. The molecule has 0 aliphatic rings. The molecular weight excluding hydrogens is 920 g/mol. The van der Waals surface area contributed by atoms with E-state index in [0.717, 1.165) is 0 Å². The van der Waals surface area contributed by atoms with Gasteiger partial charge in [-0.25, -0.2) is 0 Å². The van der Waals surface area contributed by atoms with Crippen LogP contribution in [0.5, 0.6) is 0 Å². The van der Waals surface area contributed by atoms with Crippen molar-refractivity contribution in [2.75, 3.05) is 0 Å². The van der Waals surface area contributed by atoms with Gasteiger partial charge in [0, 0.05) is 0 Å². The Hall–Kier alpha value is -0.363. The molecule has 0 saturated heterocycles. The number of hydrogen-bond donors (Lipinski definition) is 0. The van der Waals surface area contributed by atoms with Crippen molar-refractivity contribution in [1.82, 2.24) is 0 Å². The maximum absolute atomic E-state index is 3.17. The van der Waals surface area contributed by atoms with Gasteiger partial charge in [0.05, 0.1) is 0 Å². The number of benzene rings is 5. The van der Waals surface area contributed by atoms with Crippen molar-refractivity contribution < 1.29 is 67.9 Å². The second kappa shape index (κ2) is 20.6. The van der Waals surface area contributed by atoms with E-state index in [1.807, 2.05) is 36.4 Å². The van der Waals surface area contributed by atoms with Gasteiger partial charge in [-0.3, -0.25) is 0 Å². The molecule has 0 saturated carbocycles. The number of rotatable bonds is 4. The first kappa shape index (κ1) is 37.8. The zero-order chi connectivity index (χ0) is 21.2. The van der Waals surface area contributed by atoms with Gasteiger partial charge in [-0.15, -0.1) is 0 Å². The molecule has 0 aliphatic heterocycles. The molecule has 0 N–H and O–H groups in total. The van der Waals surface area contributed by atoms with Gasteiger partial charge in [0.1, 0.15) is 0 Å². The largest absolute Gasteiger partial charge is 0.0623 e. The molecule has 0 unspecified atom stereocenters. The monoisotopic (exact) mass is 943 g/mol. The third-order valence-electron chi connectivity index (χ3n) is 5.24. The second-order valence-electron chi connectivity index (χ2n) is 7.17. The van der Waals surface area contributed by atoms with Crippen LogP contribution in [0.25, 0.3) is 0 Å². The predicted octanol–water partition coefficient (Wildman–Crippen LogP) is -7.61. The van der Waals surface area contributed by atoms with Gasteiger partial charge in [-0.1, -0.05) is 36.4 Å². The van der Waals surface area contributed by atoms with Crippen LogP contribution in [0.3, 0.4) is 0 Å². The van der Waals surface area contributed by atoms with E-state index < -0.39 is 18.8 Å². The van der Waals surface area contributed by atoms with Crippen LogP contribution in [-0.4, -0.2) is 42.7 Å². The molecule has 0 bridgehead atoms. The van der Waals surface area contributed by atoms with Gasteiger partial charge in [-0.05, 0) is 0 Å². The smallest absolute Gasteiger partial charge is 0.0623 e. The maximum Gasteiger partial charge on any atom is -0.0623 e. The fourth-order valence-corrected chi connectivity index (χ4v) is 16.1. The average Bonchev–Trinajstić information content (AvgIpc) is 2.89. The van der Waals surface area contributed by atoms with Crippen LogP contribution < -0.4 is 82.0 Å². The van der Waals surface area contributed by atoms with Crippen LogP contribution in [0.15, 0.2) is 158 Å². The van der Waals surface area contributed by atoms with E-state index >= 15 is 0 Å². The fraction of sp³-hybridized carbons (Fsp3) is 0. The van der Waals surface area contributed by atoms with E-state index in [-0.39, 0.29) is 91.8 Å². The van der Waals surface area contributed by atoms with E-state index in [1.54, 1.807) is 0 Å². The van der Waals surface area contributed by atoms with E-state index in [4.69, 9.17) is 0 Å². The Balaban J connectivity index is 0. The maximum atomic E-state index is 2.32. The van der Waals surface area contributed by atoms with Crippen LogP contribution in [0.2, 0.25) is 0 Å². The molecule has 0 atom stereocenters. The molecule has 0 nitrogen and oxygen atoms in total. The topological polar surface area (TPSA) is 0 Å². The van der Waals surface area contributed by atoms with Crippen molar-refractivity contribution in [1.29, 1.82) is 0 Å². The number of halogens is 4. The molecule has 0 radical (unpaired) electrons. The summed E-state index contributed by atoms with van der Waals surface area (Å²) in [7, 11) is 0. The van der Waals surface area contributed by atoms with Gasteiger partial charge in [-0.2, -0.15) is 0 Å². The SMILES string of the molecule is [Br-].[Br-].[Br-].[Br-].[Sn+4].c1cc[c]([Sb+]([c]2ccccc2)([c]2ccccc2)[c]2ccccc2)cc1.c1ccccc1. The van der Waals surface area contributed by atoms with E-state index in [1.165, 1.54) is 14.0 Å². The Bertz CT molecular complexity index is 974. The molecule has 0 aromatic heterocycles. The summed E-state index contributed by atoms with van der Waals surface area (Å²) in [6, 6.07) is 56.4. The van der Waals surface area contributed by atoms with Crippen molar-refractivity contribution in [2.45, 2.75) is 0 Å². The molecule has 5 aromatic carbocycles. The van der Waals surface area contributed by atoms with Crippen LogP contribution >= 0.6 is 0 Å². The Kier molecular flexibility index (Phi) is 21.6. The summed E-state index contributed by atoms with van der Waals surface area (Å²) in [5.74, 6) is 0. The second-order valence-corrected chi connectivity index (χ2v) is 16.9. The van der Waals surface area contributed by atoms with Crippen molar-refractivity contribution in [3.63, 3.8) is 0 Å². The fourth-order valence-electron chi connectivity index (χ4n) is 3.89. The standard InChI is InChI=1S/C6H6.4C6H5.4BrH.Sb.Sn/c5*1-2-4-6-5-3-1;;;;;;/h1-6H;4*1-5H;4*1H;;/q;;;;;;;;;+1;+4/p-4. The molecule has 5 aromatic rings. The Labute approximate surface area is 279 Å². The summed E-state index contributed by atoms with van der Waals surface area (Å²) in [5, 5.41) is 0. The average molecular weight is 947 g/mol. The van der Waals surface area contributed by atoms with Crippen molar-refractivity contribution >= 4 is 56.8 Å². The quantitative estimate of drug-likeness (QED) is 0.158. The Morgan fingerprint density at radius 3 is 0.556 bits per heavy atom. The van der Waals surface area contributed by atoms with E-state index in [0.29, 0.717) is 0 Å². The normalized spacial score (nSPS) is 9.11. The minimum atomic E-state index is -3.17. The first-order chi connectivity index (χ1) is 15.4. The summed E-state index contributed by atoms with van der Waals surface area (Å²) >= 11 is -3.17. The molecule has 6 heteroatoms. The third kappa shape index (κ3) is 9.43. The third-order valence-corrected chi connectivity index (χ3v) is 17.5. The molecule has 0 fully saturated rings. The minimum absolute atomic E-state index is 0. The van der Waals surface area contributed by atoms with Gasteiger partial charge < -0.3 is 67.9 Å². The first-order valence-corrected chi connectivity index (χ1v) is 15.6. The van der Waals surface area contributed by atoms with Crippen LogP contribution in [0.1, 0.15) is 0 Å². The molecule has 36 heavy (non-hydrogen) atoms. The summed E-state index contributed by atoms with van der Waals surface area (Å²) in [4.78, 5) is 0. The summed E-state index contributed by atoms with van der Waals surface area (Å²) in [5.41, 5.74) is 0. The molecule has 5 rings (SSSR count). The summed E-state index contributed by atoms with van der Waals surface area (Å²) in [6.45, 7) is 0. The van der Waals surface area contributed by atoms with Crippen LogP contribution in [0.4, 0.5) is 0 Å². The molecule has 0 aliphatic carbocycles. The summed E-state index contributed by atoms with van der Waals surface area (Å²) in [6.07, 6.45) is 0. The molecule has 0 heterocycles. The van der Waals surface area contributed by atoms with Crippen molar-refractivity contribution in [2.24, 2.45) is 0 Å². The number of hydrogen-bond acceptors (Lipinski definition) is 0. The minimum Gasteiger partial charge on any atom is -0.0623 e. The molecular formula is C30H26Br4SbSn+. The van der Waals surface area contributed by atoms with Crippen molar-refractivity contribution in [3.8, 4) is 0 Å². The van der Waals surface area contributed by atoms with E-state index in [2.05, 4.69) is 121 Å². The van der Waals surface area contributed by atoms with Gasteiger partial charge in [0.15, 0.2) is 0 Å². The Morgan fingerprint density at radius 1 is 0.250 bits per heavy atom. The zero-order valence-electron chi connectivity index (χ0n) is 19.5. The van der Waals surface area contributed by atoms with Crippen LogP contribution in [-0.2, 0) is 0 Å². The van der Waals surface area contributed by atoms with Gasteiger partial charge in [0.25, 0.3) is 0 Å². The van der Waals surface area contributed by atoms with Gasteiger partial charge in [0.2, 0.25) is 0 Å². The molecule has 0 amide bonds. The zero-order valence-corrected chi connectivity index (χ0v) is 31.2. The first-order valence-electron chi connectivity index (χ1n) is 10.5. The summed E-state index contributed by atoms with van der Waals surface area (Å²) < 4.78 is 5.91. The van der Waals surface area contributed by atoms with E-state index in [9.17, 15) is 0 Å². The van der Waals surface area contributed by atoms with Gasteiger partial charge >= 0.3 is 178 Å². The Morgan fingerprint density at radius 2 is 0.389 bits per heavy atom. The molecule has 0 spiro atoms. The molecule has 182 valence electrons.